The molecule has 1 saturated heterocycles. The van der Waals surface area contributed by atoms with E-state index in [1.54, 1.807) is 31.4 Å². The van der Waals surface area contributed by atoms with E-state index in [0.717, 1.165) is 32.9 Å². The number of carbonyl (C=O) groups is 2. The number of nitrogens with zero attached hydrogens (tertiary/aromatic N) is 1. The van der Waals surface area contributed by atoms with E-state index in [-0.39, 0.29) is 16.7 Å². The highest BCUT2D eigenvalue weighted by molar-refractivity contribution is 8.00. The van der Waals surface area contributed by atoms with Gasteiger partial charge in [0.25, 0.3) is 0 Å². The zero-order valence-electron chi connectivity index (χ0n) is 20.7. The third-order valence-corrected chi connectivity index (χ3v) is 9.45. The molecule has 0 aliphatic carbocycles. The van der Waals surface area contributed by atoms with E-state index in [0.29, 0.717) is 28.8 Å². The van der Waals surface area contributed by atoms with Gasteiger partial charge < -0.3 is 14.5 Å². The van der Waals surface area contributed by atoms with Gasteiger partial charge in [-0.1, -0.05) is 59.5 Å². The molecule has 0 saturated carbocycles. The number of hydrogen-bond acceptors (Lipinski definition) is 7. The van der Waals surface area contributed by atoms with Crippen LogP contribution in [-0.2, 0) is 16.2 Å². The third kappa shape index (κ3) is 4.21. The number of benzene rings is 3. The number of methoxy groups -OCH3 is 1. The van der Waals surface area contributed by atoms with E-state index in [2.05, 4.69) is 4.98 Å². The molecule has 1 N–H and O–H groups in total. The molecule has 9 heteroatoms. The quantitative estimate of drug-likeness (QED) is 0.339. The molecule has 38 heavy (non-hydrogen) atoms. The van der Waals surface area contributed by atoms with Crippen LogP contribution < -0.4 is 19.2 Å². The summed E-state index contributed by atoms with van der Waals surface area (Å²) in [5.74, 6) is -0.264. The van der Waals surface area contributed by atoms with E-state index in [9.17, 15) is 14.4 Å². The number of ether oxygens (including phenoxy) is 2. The first-order valence-corrected chi connectivity index (χ1v) is 13.8. The average molecular weight is 545 g/mol. The van der Waals surface area contributed by atoms with Crippen LogP contribution in [0.25, 0.3) is 0 Å². The Labute approximate surface area is 227 Å². The summed E-state index contributed by atoms with van der Waals surface area (Å²) in [5.41, 5.74) is 3.64. The molecule has 0 spiro atoms. The molecule has 3 unspecified atom stereocenters. The van der Waals surface area contributed by atoms with Crippen LogP contribution in [-0.4, -0.2) is 29.2 Å². The summed E-state index contributed by atoms with van der Waals surface area (Å²) in [6, 6.07) is 22.6. The molecule has 4 aromatic rings. The molecule has 1 fully saturated rings. The molecule has 3 atom stereocenters. The summed E-state index contributed by atoms with van der Waals surface area (Å²) in [7, 11) is 1.56. The van der Waals surface area contributed by atoms with E-state index in [1.807, 2.05) is 55.5 Å². The fourth-order valence-corrected chi connectivity index (χ4v) is 7.58. The highest BCUT2D eigenvalue weighted by Crippen LogP contribution is 2.53. The van der Waals surface area contributed by atoms with Crippen LogP contribution in [0, 0.1) is 12.8 Å². The van der Waals surface area contributed by atoms with E-state index in [1.165, 1.54) is 16.7 Å². The van der Waals surface area contributed by atoms with Crippen molar-refractivity contribution < 1.29 is 19.1 Å². The number of amides is 2. The fraction of sp³-hybridized carbons (Fsp3) is 0.207. The van der Waals surface area contributed by atoms with Crippen LogP contribution in [0.4, 0.5) is 5.69 Å². The number of aromatic amines is 1. The zero-order chi connectivity index (χ0) is 26.4. The maximum Gasteiger partial charge on any atom is 0.305 e. The maximum absolute atomic E-state index is 13.8. The van der Waals surface area contributed by atoms with Gasteiger partial charge in [0, 0.05) is 10.8 Å². The van der Waals surface area contributed by atoms with Crippen molar-refractivity contribution in [2.75, 3.05) is 12.0 Å². The molecule has 192 valence electrons. The summed E-state index contributed by atoms with van der Waals surface area (Å²) >= 11 is 2.37. The van der Waals surface area contributed by atoms with E-state index < -0.39 is 17.1 Å². The molecule has 2 amide bonds. The number of rotatable bonds is 6. The van der Waals surface area contributed by atoms with Crippen molar-refractivity contribution in [1.29, 1.82) is 0 Å². The Hall–Kier alpha value is -3.82. The van der Waals surface area contributed by atoms with Gasteiger partial charge in [0.05, 0.1) is 23.7 Å². The Morgan fingerprint density at radius 3 is 2.32 bits per heavy atom. The third-order valence-electron chi connectivity index (χ3n) is 7.05. The van der Waals surface area contributed by atoms with E-state index >= 15 is 0 Å². The first kappa shape index (κ1) is 24.5. The molecule has 1 aromatic heterocycles. The number of thiazole rings is 1. The second-order valence-corrected chi connectivity index (χ2v) is 11.4. The number of aryl methyl sites for hydroxylation is 1. The molecule has 0 bridgehead atoms. The monoisotopic (exact) mass is 544 g/mol. The van der Waals surface area contributed by atoms with E-state index in [4.69, 9.17) is 9.47 Å². The summed E-state index contributed by atoms with van der Waals surface area (Å²) in [5, 5.41) is 0.0215. The van der Waals surface area contributed by atoms with Gasteiger partial charge >= 0.3 is 4.87 Å². The minimum atomic E-state index is -0.635. The Bertz CT molecular complexity index is 1580. The number of nitrogens with one attached hydrogen (secondary N) is 1. The zero-order valence-corrected chi connectivity index (χ0v) is 22.3. The lowest BCUT2D eigenvalue weighted by atomic mass is 9.83. The average Bonchev–Trinajstić information content (AvgIpc) is 3.43. The van der Waals surface area contributed by atoms with Crippen LogP contribution in [0.15, 0.2) is 82.6 Å². The molecular formula is C29H24N2O5S2. The second-order valence-electron chi connectivity index (χ2n) is 9.24. The standard InChI is InChI=1S/C29H24N2O5S2/c1-16-5-3-4-6-18(16)15-36-21-11-7-17(8-12-21)22-23-25(37-26-24(22)38-29(34)30-26)28(33)31(27(23)32)19-9-13-20(35-2)14-10-19/h3-14,22-23,25H,15H2,1-2H3,(H,30,34). The van der Waals surface area contributed by atoms with Crippen molar-refractivity contribution in [3.63, 3.8) is 0 Å². The Morgan fingerprint density at radius 2 is 1.61 bits per heavy atom. The van der Waals surface area contributed by atoms with Gasteiger partial charge in [0.1, 0.15) is 23.4 Å². The smallest absolute Gasteiger partial charge is 0.305 e. The lowest BCUT2D eigenvalue weighted by Crippen LogP contribution is -2.32. The van der Waals surface area contributed by atoms with Gasteiger partial charge in [0.15, 0.2) is 0 Å². The largest absolute Gasteiger partial charge is 0.497 e. The lowest BCUT2D eigenvalue weighted by molar-refractivity contribution is -0.122. The van der Waals surface area contributed by atoms with Gasteiger partial charge in [-0.2, -0.15) is 0 Å². The number of anilines is 1. The molecule has 2 aliphatic rings. The highest BCUT2D eigenvalue weighted by atomic mass is 32.2. The predicted molar refractivity (Wildman–Crippen MR) is 147 cm³/mol. The number of aromatic nitrogens is 1. The maximum atomic E-state index is 13.8. The summed E-state index contributed by atoms with van der Waals surface area (Å²) in [6.07, 6.45) is 0. The summed E-state index contributed by atoms with van der Waals surface area (Å²) < 4.78 is 11.2. The van der Waals surface area contributed by atoms with Crippen LogP contribution in [0.1, 0.15) is 27.5 Å². The first-order valence-electron chi connectivity index (χ1n) is 12.1. The minimum Gasteiger partial charge on any atom is -0.497 e. The molecule has 3 aromatic carbocycles. The Balaban J connectivity index is 1.32. The molecular weight excluding hydrogens is 520 g/mol. The van der Waals surface area contributed by atoms with Gasteiger partial charge in [0.2, 0.25) is 11.8 Å². The lowest BCUT2D eigenvalue weighted by Gasteiger charge is -2.29. The van der Waals surface area contributed by atoms with Crippen molar-refractivity contribution in [2.45, 2.75) is 29.7 Å². The van der Waals surface area contributed by atoms with Gasteiger partial charge in [-0.25, -0.2) is 4.90 Å². The van der Waals surface area contributed by atoms with Crippen LogP contribution in [0.3, 0.4) is 0 Å². The van der Waals surface area contributed by atoms with Crippen LogP contribution >= 0.6 is 23.1 Å². The Morgan fingerprint density at radius 1 is 0.895 bits per heavy atom. The Kier molecular flexibility index (Phi) is 6.33. The molecule has 6 rings (SSSR count). The van der Waals surface area contributed by atoms with Crippen molar-refractivity contribution in [3.05, 3.63) is 104 Å². The van der Waals surface area contributed by atoms with Crippen molar-refractivity contribution in [2.24, 2.45) is 5.92 Å². The van der Waals surface area contributed by atoms with Crippen molar-refractivity contribution in [1.82, 2.24) is 4.98 Å². The summed E-state index contributed by atoms with van der Waals surface area (Å²) in [6.45, 7) is 2.50. The second kappa shape index (κ2) is 9.81. The van der Waals surface area contributed by atoms with Gasteiger partial charge in [-0.3, -0.25) is 14.4 Å². The van der Waals surface area contributed by atoms with Crippen LogP contribution in [0.2, 0.25) is 0 Å². The number of imide groups is 1. The SMILES string of the molecule is COc1ccc(N2C(=O)C3Sc4[nH]c(=O)sc4C(c4ccc(OCc5ccccc5C)cc4)C3C2=O)cc1. The molecule has 7 nitrogen and oxygen atoms in total. The molecule has 2 aliphatic heterocycles. The first-order chi connectivity index (χ1) is 18.4. The number of hydrogen-bond donors (Lipinski definition) is 1. The van der Waals surface area contributed by atoms with Gasteiger partial charge in [-0.15, -0.1) is 0 Å². The number of thioether (sulfide) groups is 1. The number of carbonyl (C=O) groups excluding carboxylic acids is 2. The normalized spacial score (nSPS) is 20.3. The topological polar surface area (TPSA) is 88.7 Å². The highest BCUT2D eigenvalue weighted by Gasteiger charge is 2.56. The minimum absolute atomic E-state index is 0.197. The predicted octanol–water partition coefficient (Wildman–Crippen LogP) is 5.13. The van der Waals surface area contributed by atoms with Crippen LogP contribution in [0.5, 0.6) is 11.5 Å². The number of fused-ring (bicyclic) bond motifs is 2. The molecule has 0 radical (unpaired) electrons. The van der Waals surface area contributed by atoms with Crippen molar-refractivity contribution in [3.8, 4) is 11.5 Å². The number of H-pyrrole nitrogens is 1. The van der Waals surface area contributed by atoms with Crippen molar-refractivity contribution >= 4 is 40.6 Å². The fourth-order valence-electron chi connectivity index (χ4n) is 5.07. The summed E-state index contributed by atoms with van der Waals surface area (Å²) in [4.78, 5) is 44.4. The molecule has 3 heterocycles. The van der Waals surface area contributed by atoms with Gasteiger partial charge in [-0.05, 0) is 60.0 Å².